The van der Waals surface area contributed by atoms with Crippen molar-refractivity contribution in [2.24, 2.45) is 5.92 Å². The van der Waals surface area contributed by atoms with Gasteiger partial charge in [0.15, 0.2) is 0 Å². The Morgan fingerprint density at radius 2 is 2.29 bits per heavy atom. The lowest BCUT2D eigenvalue weighted by Gasteiger charge is -2.11. The van der Waals surface area contributed by atoms with Gasteiger partial charge in [-0.2, -0.15) is 0 Å². The van der Waals surface area contributed by atoms with E-state index in [0.717, 1.165) is 19.0 Å². The Hall–Kier alpha value is -0.990. The Morgan fingerprint density at radius 1 is 1.50 bits per heavy atom. The van der Waals surface area contributed by atoms with Gasteiger partial charge in [-0.1, -0.05) is 27.2 Å². The number of unbranched alkanes of at least 4 members (excludes halogenated alkanes) is 1. The molecule has 14 heavy (non-hydrogen) atoms. The molecular weight excluding hydrogens is 174 g/mol. The fourth-order valence-electron chi connectivity index (χ4n) is 1.39. The van der Waals surface area contributed by atoms with Gasteiger partial charge in [-0.3, -0.25) is 0 Å². The van der Waals surface area contributed by atoms with Crippen molar-refractivity contribution in [2.75, 3.05) is 11.9 Å². The summed E-state index contributed by atoms with van der Waals surface area (Å²) in [6, 6.07) is 0. The molecule has 0 spiro atoms. The number of aromatic nitrogens is 2. The molecule has 1 aromatic rings. The molecule has 0 unspecified atom stereocenters. The largest absolute Gasteiger partial charge is 0.356 e. The van der Waals surface area contributed by atoms with Crippen molar-refractivity contribution in [3.63, 3.8) is 0 Å². The Balaban J connectivity index is 2.45. The topological polar surface area (TPSA) is 29.9 Å². The lowest BCUT2D eigenvalue weighted by molar-refractivity contribution is 0.526. The van der Waals surface area contributed by atoms with E-state index < -0.39 is 0 Å². The average Bonchev–Trinajstić information content (AvgIpc) is 2.52. The second-order valence-electron chi connectivity index (χ2n) is 4.08. The van der Waals surface area contributed by atoms with Crippen LogP contribution in [0.1, 0.15) is 33.6 Å². The van der Waals surface area contributed by atoms with Crippen LogP contribution < -0.4 is 5.32 Å². The first kappa shape index (κ1) is 11.1. The summed E-state index contributed by atoms with van der Waals surface area (Å²) >= 11 is 0. The zero-order chi connectivity index (χ0) is 10.4. The molecule has 80 valence electrons. The molecule has 0 saturated heterocycles. The highest BCUT2D eigenvalue weighted by Crippen LogP contribution is 2.08. The smallest absolute Gasteiger partial charge is 0.202 e. The van der Waals surface area contributed by atoms with Crippen molar-refractivity contribution in [1.82, 2.24) is 9.55 Å². The summed E-state index contributed by atoms with van der Waals surface area (Å²) in [4.78, 5) is 4.29. The van der Waals surface area contributed by atoms with Crippen molar-refractivity contribution in [3.8, 4) is 0 Å². The lowest BCUT2D eigenvalue weighted by atomic mass is 10.2. The van der Waals surface area contributed by atoms with Gasteiger partial charge in [0, 0.05) is 25.5 Å². The van der Waals surface area contributed by atoms with E-state index in [1.165, 1.54) is 12.8 Å². The van der Waals surface area contributed by atoms with E-state index >= 15 is 0 Å². The molecular formula is C11H21N3. The van der Waals surface area contributed by atoms with Gasteiger partial charge in [0.2, 0.25) is 5.95 Å². The fraction of sp³-hybridized carbons (Fsp3) is 0.727. The zero-order valence-electron chi connectivity index (χ0n) is 9.45. The lowest BCUT2D eigenvalue weighted by Crippen LogP contribution is -2.11. The maximum absolute atomic E-state index is 4.29. The normalized spacial score (nSPS) is 10.9. The van der Waals surface area contributed by atoms with Gasteiger partial charge in [0.25, 0.3) is 0 Å². The van der Waals surface area contributed by atoms with E-state index in [1.54, 1.807) is 0 Å². The fourth-order valence-corrected chi connectivity index (χ4v) is 1.39. The van der Waals surface area contributed by atoms with Crippen molar-refractivity contribution >= 4 is 5.95 Å². The van der Waals surface area contributed by atoms with E-state index in [0.29, 0.717) is 5.92 Å². The van der Waals surface area contributed by atoms with E-state index in [-0.39, 0.29) is 0 Å². The van der Waals surface area contributed by atoms with Gasteiger partial charge in [0.1, 0.15) is 0 Å². The number of hydrogen-bond acceptors (Lipinski definition) is 2. The third kappa shape index (κ3) is 3.40. The third-order valence-corrected chi connectivity index (χ3v) is 2.09. The summed E-state index contributed by atoms with van der Waals surface area (Å²) in [5.74, 6) is 1.67. The SMILES string of the molecule is CCCCNc1nccn1CC(C)C. The second kappa shape index (κ2) is 5.68. The highest BCUT2D eigenvalue weighted by atomic mass is 15.2. The first-order chi connectivity index (χ1) is 6.74. The van der Waals surface area contributed by atoms with Crippen LogP contribution in [0, 0.1) is 5.92 Å². The van der Waals surface area contributed by atoms with Gasteiger partial charge in [-0.05, 0) is 12.3 Å². The van der Waals surface area contributed by atoms with Crippen molar-refractivity contribution in [3.05, 3.63) is 12.4 Å². The number of hydrogen-bond donors (Lipinski definition) is 1. The maximum Gasteiger partial charge on any atom is 0.202 e. The number of nitrogens with zero attached hydrogens (tertiary/aromatic N) is 2. The van der Waals surface area contributed by atoms with Crippen LogP contribution in [0.3, 0.4) is 0 Å². The van der Waals surface area contributed by atoms with Gasteiger partial charge in [0.05, 0.1) is 0 Å². The molecule has 1 heterocycles. The van der Waals surface area contributed by atoms with Crippen LogP contribution in [0.2, 0.25) is 0 Å². The Bertz CT molecular complexity index is 253. The van der Waals surface area contributed by atoms with Crippen molar-refractivity contribution < 1.29 is 0 Å². The Labute approximate surface area is 86.5 Å². The highest BCUT2D eigenvalue weighted by Gasteiger charge is 2.02. The van der Waals surface area contributed by atoms with Crippen LogP contribution in [0.15, 0.2) is 12.4 Å². The first-order valence-electron chi connectivity index (χ1n) is 5.49. The van der Waals surface area contributed by atoms with E-state index in [4.69, 9.17) is 0 Å². The van der Waals surface area contributed by atoms with E-state index in [2.05, 4.69) is 35.6 Å². The molecule has 0 aliphatic rings. The number of nitrogens with one attached hydrogen (secondary N) is 1. The molecule has 0 saturated carbocycles. The van der Waals surface area contributed by atoms with Gasteiger partial charge < -0.3 is 9.88 Å². The summed E-state index contributed by atoms with van der Waals surface area (Å²) < 4.78 is 2.18. The Kier molecular flexibility index (Phi) is 4.50. The predicted molar refractivity (Wildman–Crippen MR) is 60.5 cm³/mol. The Morgan fingerprint density at radius 3 is 2.93 bits per heavy atom. The van der Waals surface area contributed by atoms with E-state index in [9.17, 15) is 0 Å². The average molecular weight is 195 g/mol. The molecule has 0 bridgehead atoms. The second-order valence-corrected chi connectivity index (χ2v) is 4.08. The molecule has 0 amide bonds. The molecule has 0 aromatic carbocycles. The molecule has 3 heteroatoms. The molecule has 0 atom stereocenters. The molecule has 1 aromatic heterocycles. The number of rotatable bonds is 6. The van der Waals surface area contributed by atoms with Crippen LogP contribution in [-0.4, -0.2) is 16.1 Å². The third-order valence-electron chi connectivity index (χ3n) is 2.09. The molecule has 3 nitrogen and oxygen atoms in total. The molecule has 0 aliphatic heterocycles. The highest BCUT2D eigenvalue weighted by molar-refractivity contribution is 5.25. The standard InChI is InChI=1S/C11H21N3/c1-4-5-6-12-11-13-7-8-14(11)9-10(2)3/h7-8,10H,4-6,9H2,1-3H3,(H,12,13). The van der Waals surface area contributed by atoms with Crippen LogP contribution in [0.4, 0.5) is 5.95 Å². The van der Waals surface area contributed by atoms with Crippen LogP contribution >= 0.6 is 0 Å². The zero-order valence-corrected chi connectivity index (χ0v) is 9.45. The summed E-state index contributed by atoms with van der Waals surface area (Å²) in [5.41, 5.74) is 0. The molecule has 0 fully saturated rings. The summed E-state index contributed by atoms with van der Waals surface area (Å²) in [6.45, 7) is 8.69. The summed E-state index contributed by atoms with van der Waals surface area (Å²) in [5, 5.41) is 3.35. The van der Waals surface area contributed by atoms with Crippen LogP contribution in [-0.2, 0) is 6.54 Å². The number of anilines is 1. The maximum atomic E-state index is 4.29. The van der Waals surface area contributed by atoms with Crippen molar-refractivity contribution in [1.29, 1.82) is 0 Å². The van der Waals surface area contributed by atoms with Gasteiger partial charge in [-0.25, -0.2) is 4.98 Å². The summed E-state index contributed by atoms with van der Waals surface area (Å²) in [6.07, 6.45) is 6.32. The number of imidazole rings is 1. The summed E-state index contributed by atoms with van der Waals surface area (Å²) in [7, 11) is 0. The van der Waals surface area contributed by atoms with Gasteiger partial charge >= 0.3 is 0 Å². The quantitative estimate of drug-likeness (QED) is 0.707. The predicted octanol–water partition coefficient (Wildman–Crippen LogP) is 2.75. The van der Waals surface area contributed by atoms with Crippen molar-refractivity contribution in [2.45, 2.75) is 40.2 Å². The van der Waals surface area contributed by atoms with Crippen LogP contribution in [0.5, 0.6) is 0 Å². The first-order valence-corrected chi connectivity index (χ1v) is 5.49. The minimum atomic E-state index is 0.663. The van der Waals surface area contributed by atoms with E-state index in [1.807, 2.05) is 12.4 Å². The van der Waals surface area contributed by atoms with Crippen LogP contribution in [0.25, 0.3) is 0 Å². The minimum Gasteiger partial charge on any atom is -0.356 e. The minimum absolute atomic E-state index is 0.663. The molecule has 1 N–H and O–H groups in total. The molecule has 0 radical (unpaired) electrons. The monoisotopic (exact) mass is 195 g/mol. The molecule has 1 rings (SSSR count). The van der Waals surface area contributed by atoms with Gasteiger partial charge in [-0.15, -0.1) is 0 Å². The molecule has 0 aliphatic carbocycles.